The summed E-state index contributed by atoms with van der Waals surface area (Å²) in [5, 5.41) is 17.5. The van der Waals surface area contributed by atoms with Gasteiger partial charge >= 0.3 is 0 Å². The van der Waals surface area contributed by atoms with Crippen LogP contribution in [0.15, 0.2) is 72.8 Å². The number of nitro benzene ring substituents is 1. The zero-order chi connectivity index (χ0) is 20.1. The molecule has 0 radical (unpaired) electrons. The molecule has 0 bridgehead atoms. The summed E-state index contributed by atoms with van der Waals surface area (Å²) in [5.41, 5.74) is 2.03. The lowest BCUT2D eigenvalue weighted by atomic mass is 10.1. The average Bonchev–Trinajstić information content (AvgIpc) is 2.70. The SMILES string of the molecule is C[C@H](Nc1ccc(NC(=O)c2ccccc2[N+](=O)[O-])cc1Cl)c1ccccc1. The first-order valence-electron chi connectivity index (χ1n) is 8.61. The number of rotatable bonds is 6. The van der Waals surface area contributed by atoms with Crippen LogP contribution in [-0.2, 0) is 0 Å². The standard InChI is InChI=1S/C21H18ClN3O3/c1-14(15-7-3-2-4-8-15)23-19-12-11-16(13-18(19)22)24-21(26)17-9-5-6-10-20(17)25(27)28/h2-14,23H,1H3,(H,24,26)/t14-/m0/s1. The van der Waals surface area contributed by atoms with Crippen LogP contribution in [0.4, 0.5) is 17.1 Å². The first kappa shape index (κ1) is 19.4. The van der Waals surface area contributed by atoms with Gasteiger partial charge in [-0.1, -0.05) is 54.1 Å². The molecule has 0 spiro atoms. The van der Waals surface area contributed by atoms with E-state index >= 15 is 0 Å². The van der Waals surface area contributed by atoms with Crippen LogP contribution >= 0.6 is 11.6 Å². The van der Waals surface area contributed by atoms with Crippen LogP contribution in [0.25, 0.3) is 0 Å². The van der Waals surface area contributed by atoms with Crippen LogP contribution in [0.3, 0.4) is 0 Å². The van der Waals surface area contributed by atoms with Gasteiger partial charge in [-0.15, -0.1) is 0 Å². The Labute approximate surface area is 167 Å². The van der Waals surface area contributed by atoms with Crippen molar-refractivity contribution in [2.45, 2.75) is 13.0 Å². The molecule has 0 heterocycles. The number of para-hydroxylation sites is 1. The minimum Gasteiger partial charge on any atom is -0.377 e. The number of nitro groups is 1. The summed E-state index contributed by atoms with van der Waals surface area (Å²) in [6.45, 7) is 2.02. The maximum absolute atomic E-state index is 12.4. The smallest absolute Gasteiger partial charge is 0.282 e. The maximum Gasteiger partial charge on any atom is 0.282 e. The number of carbonyl (C=O) groups is 1. The third-order valence-corrected chi connectivity index (χ3v) is 4.56. The summed E-state index contributed by atoms with van der Waals surface area (Å²) in [6, 6.07) is 20.8. The molecule has 28 heavy (non-hydrogen) atoms. The number of hydrogen-bond acceptors (Lipinski definition) is 4. The monoisotopic (exact) mass is 395 g/mol. The molecule has 3 rings (SSSR count). The zero-order valence-electron chi connectivity index (χ0n) is 15.1. The van der Waals surface area contributed by atoms with Gasteiger partial charge in [-0.3, -0.25) is 14.9 Å². The second-order valence-corrected chi connectivity index (χ2v) is 6.61. The topological polar surface area (TPSA) is 84.3 Å². The summed E-state index contributed by atoms with van der Waals surface area (Å²) >= 11 is 6.35. The highest BCUT2D eigenvalue weighted by atomic mass is 35.5. The van der Waals surface area contributed by atoms with Gasteiger partial charge in [-0.05, 0) is 36.8 Å². The largest absolute Gasteiger partial charge is 0.377 e. The van der Waals surface area contributed by atoms with Crippen molar-refractivity contribution in [2.75, 3.05) is 10.6 Å². The average molecular weight is 396 g/mol. The summed E-state index contributed by atoms with van der Waals surface area (Å²) in [5.74, 6) is -0.568. The summed E-state index contributed by atoms with van der Waals surface area (Å²) in [6.07, 6.45) is 0. The van der Waals surface area contributed by atoms with Crippen LogP contribution in [0, 0.1) is 10.1 Å². The van der Waals surface area contributed by atoms with Crippen molar-refractivity contribution in [3.05, 3.63) is 99.1 Å². The van der Waals surface area contributed by atoms with E-state index in [0.29, 0.717) is 10.7 Å². The summed E-state index contributed by atoms with van der Waals surface area (Å²) in [7, 11) is 0. The van der Waals surface area contributed by atoms with Crippen molar-refractivity contribution in [1.29, 1.82) is 0 Å². The highest BCUT2D eigenvalue weighted by molar-refractivity contribution is 6.33. The van der Waals surface area contributed by atoms with Gasteiger partial charge in [-0.25, -0.2) is 0 Å². The van der Waals surface area contributed by atoms with Gasteiger partial charge in [0, 0.05) is 17.8 Å². The second kappa shape index (κ2) is 8.54. The fourth-order valence-corrected chi connectivity index (χ4v) is 3.03. The van der Waals surface area contributed by atoms with Gasteiger partial charge in [0.05, 0.1) is 15.6 Å². The Bertz CT molecular complexity index is 1010. The predicted octanol–water partition coefficient (Wildman–Crippen LogP) is 5.67. The predicted molar refractivity (Wildman–Crippen MR) is 111 cm³/mol. The highest BCUT2D eigenvalue weighted by Gasteiger charge is 2.19. The van der Waals surface area contributed by atoms with Crippen molar-refractivity contribution in [3.8, 4) is 0 Å². The molecule has 0 saturated carbocycles. The number of carbonyl (C=O) groups excluding carboxylic acids is 1. The van der Waals surface area contributed by atoms with Crippen LogP contribution in [0.2, 0.25) is 5.02 Å². The number of nitrogens with one attached hydrogen (secondary N) is 2. The van der Waals surface area contributed by atoms with Crippen LogP contribution in [0.5, 0.6) is 0 Å². The maximum atomic E-state index is 12.4. The van der Waals surface area contributed by atoms with E-state index in [1.807, 2.05) is 37.3 Å². The van der Waals surface area contributed by atoms with E-state index in [2.05, 4.69) is 10.6 Å². The Balaban J connectivity index is 1.74. The lowest BCUT2D eigenvalue weighted by Crippen LogP contribution is -2.14. The van der Waals surface area contributed by atoms with Gasteiger partial charge in [0.25, 0.3) is 11.6 Å². The molecule has 142 valence electrons. The third kappa shape index (κ3) is 4.47. The minimum atomic E-state index is -0.583. The Morgan fingerprint density at radius 1 is 1.04 bits per heavy atom. The van der Waals surface area contributed by atoms with E-state index in [1.54, 1.807) is 24.3 Å². The van der Waals surface area contributed by atoms with Crippen molar-refractivity contribution >= 4 is 34.6 Å². The van der Waals surface area contributed by atoms with E-state index in [-0.39, 0.29) is 17.3 Å². The van der Waals surface area contributed by atoms with Crippen molar-refractivity contribution in [1.82, 2.24) is 0 Å². The van der Waals surface area contributed by atoms with E-state index in [4.69, 9.17) is 11.6 Å². The van der Waals surface area contributed by atoms with Gasteiger partial charge in [0.1, 0.15) is 5.56 Å². The van der Waals surface area contributed by atoms with Crippen LogP contribution in [-0.4, -0.2) is 10.8 Å². The summed E-state index contributed by atoms with van der Waals surface area (Å²) in [4.78, 5) is 22.9. The van der Waals surface area contributed by atoms with E-state index in [1.165, 1.54) is 18.2 Å². The molecule has 3 aromatic rings. The molecule has 3 aromatic carbocycles. The Morgan fingerprint density at radius 2 is 1.71 bits per heavy atom. The lowest BCUT2D eigenvalue weighted by Gasteiger charge is -2.17. The molecule has 0 aliphatic heterocycles. The van der Waals surface area contributed by atoms with Crippen molar-refractivity contribution in [3.63, 3.8) is 0 Å². The Kier molecular flexibility index (Phi) is 5.91. The molecule has 0 aliphatic rings. The summed E-state index contributed by atoms with van der Waals surface area (Å²) < 4.78 is 0. The molecule has 6 nitrogen and oxygen atoms in total. The van der Waals surface area contributed by atoms with E-state index < -0.39 is 10.8 Å². The second-order valence-electron chi connectivity index (χ2n) is 6.20. The van der Waals surface area contributed by atoms with Gasteiger partial charge < -0.3 is 10.6 Å². The molecule has 0 unspecified atom stereocenters. The fourth-order valence-electron chi connectivity index (χ4n) is 2.79. The van der Waals surface area contributed by atoms with Crippen molar-refractivity contribution < 1.29 is 9.72 Å². The van der Waals surface area contributed by atoms with Crippen LogP contribution < -0.4 is 10.6 Å². The number of hydrogen-bond donors (Lipinski definition) is 2. The number of anilines is 2. The fraction of sp³-hybridized carbons (Fsp3) is 0.0952. The molecule has 2 N–H and O–H groups in total. The van der Waals surface area contributed by atoms with Gasteiger partial charge in [0.15, 0.2) is 0 Å². The molecule has 1 atom stereocenters. The molecule has 0 aliphatic carbocycles. The van der Waals surface area contributed by atoms with Gasteiger partial charge in [0.2, 0.25) is 0 Å². The first-order chi connectivity index (χ1) is 13.5. The number of amides is 1. The Hall–Kier alpha value is -3.38. The number of halogens is 1. The van der Waals surface area contributed by atoms with Crippen LogP contribution in [0.1, 0.15) is 28.9 Å². The number of benzene rings is 3. The van der Waals surface area contributed by atoms with E-state index in [0.717, 1.165) is 11.3 Å². The first-order valence-corrected chi connectivity index (χ1v) is 8.99. The number of nitrogens with zero attached hydrogens (tertiary/aromatic N) is 1. The molecule has 0 saturated heterocycles. The van der Waals surface area contributed by atoms with Gasteiger partial charge in [-0.2, -0.15) is 0 Å². The minimum absolute atomic E-state index is 0.0106. The normalized spacial score (nSPS) is 11.5. The van der Waals surface area contributed by atoms with E-state index in [9.17, 15) is 14.9 Å². The highest BCUT2D eigenvalue weighted by Crippen LogP contribution is 2.29. The molecule has 0 fully saturated rings. The molecule has 0 aromatic heterocycles. The molecule has 7 heteroatoms. The molecule has 1 amide bonds. The zero-order valence-corrected chi connectivity index (χ0v) is 15.8. The lowest BCUT2D eigenvalue weighted by molar-refractivity contribution is -0.385. The van der Waals surface area contributed by atoms with Crippen molar-refractivity contribution in [2.24, 2.45) is 0 Å². The molecular formula is C21H18ClN3O3. The Morgan fingerprint density at radius 3 is 2.39 bits per heavy atom. The molecular weight excluding hydrogens is 378 g/mol. The quantitative estimate of drug-likeness (QED) is 0.415. The third-order valence-electron chi connectivity index (χ3n) is 4.24.